The first-order chi connectivity index (χ1) is 9.13. The van der Waals surface area contributed by atoms with Crippen LogP contribution in [0.15, 0.2) is 40.0 Å². The van der Waals surface area contributed by atoms with Gasteiger partial charge in [0.2, 0.25) is 0 Å². The molecule has 1 N–H and O–H groups in total. The van der Waals surface area contributed by atoms with Gasteiger partial charge in [0.05, 0.1) is 18.9 Å². The molecule has 0 aromatic carbocycles. The number of pyridine rings is 1. The third-order valence-corrected chi connectivity index (χ3v) is 4.03. The molecule has 0 bridgehead atoms. The van der Waals surface area contributed by atoms with Crippen molar-refractivity contribution in [1.82, 2.24) is 4.57 Å². The van der Waals surface area contributed by atoms with Crippen LogP contribution >= 0.6 is 11.3 Å². The lowest BCUT2D eigenvalue weighted by molar-refractivity contribution is -0.163. The molecule has 0 aliphatic carbocycles. The Hall–Kier alpha value is -1.92. The standard InChI is InChI=1S/C13H11NO4S/c15-11-2-1-9(13(12(16)17)7-18-8-13)5-14(11)10-3-4-19-6-10/h1-6H,7-8H2,(H,16,17). The number of hydrogen-bond acceptors (Lipinski definition) is 4. The molecular formula is C13H11NO4S. The molecule has 0 unspecified atom stereocenters. The van der Waals surface area contributed by atoms with Crippen molar-refractivity contribution in [3.05, 3.63) is 51.1 Å². The van der Waals surface area contributed by atoms with Gasteiger partial charge in [0.1, 0.15) is 5.41 Å². The highest BCUT2D eigenvalue weighted by atomic mass is 32.1. The quantitative estimate of drug-likeness (QED) is 0.917. The van der Waals surface area contributed by atoms with Gasteiger partial charge in [-0.2, -0.15) is 11.3 Å². The van der Waals surface area contributed by atoms with Gasteiger partial charge in [-0.05, 0) is 17.0 Å². The molecule has 5 nitrogen and oxygen atoms in total. The number of carboxylic acids is 1. The normalized spacial score (nSPS) is 16.8. The molecule has 0 saturated carbocycles. The van der Waals surface area contributed by atoms with Crippen LogP contribution in [0.3, 0.4) is 0 Å². The van der Waals surface area contributed by atoms with Crippen LogP contribution in [0.1, 0.15) is 5.56 Å². The Morgan fingerprint density at radius 3 is 2.68 bits per heavy atom. The Kier molecular flexibility index (Phi) is 2.76. The summed E-state index contributed by atoms with van der Waals surface area (Å²) in [6.07, 6.45) is 1.60. The highest BCUT2D eigenvalue weighted by molar-refractivity contribution is 7.08. The smallest absolute Gasteiger partial charge is 0.318 e. The zero-order valence-electron chi connectivity index (χ0n) is 9.91. The topological polar surface area (TPSA) is 68.5 Å². The predicted octanol–water partition coefficient (Wildman–Crippen LogP) is 1.25. The lowest BCUT2D eigenvalue weighted by Crippen LogP contribution is -2.53. The number of aromatic nitrogens is 1. The number of aliphatic carboxylic acids is 1. The number of hydrogen-bond donors (Lipinski definition) is 1. The molecule has 0 amide bonds. The van der Waals surface area contributed by atoms with E-state index in [0.717, 1.165) is 5.69 Å². The van der Waals surface area contributed by atoms with Crippen molar-refractivity contribution < 1.29 is 14.6 Å². The molecule has 0 spiro atoms. The van der Waals surface area contributed by atoms with Crippen molar-refractivity contribution in [1.29, 1.82) is 0 Å². The molecule has 0 radical (unpaired) electrons. The van der Waals surface area contributed by atoms with Crippen LogP contribution in [0, 0.1) is 0 Å². The first-order valence-electron chi connectivity index (χ1n) is 5.70. The number of rotatable bonds is 3. The zero-order valence-corrected chi connectivity index (χ0v) is 10.7. The molecule has 6 heteroatoms. The van der Waals surface area contributed by atoms with E-state index in [9.17, 15) is 14.7 Å². The van der Waals surface area contributed by atoms with Crippen LogP contribution < -0.4 is 5.56 Å². The molecule has 3 rings (SSSR count). The number of thiophene rings is 1. The molecular weight excluding hydrogens is 266 g/mol. The molecule has 2 aromatic heterocycles. The molecule has 0 atom stereocenters. The molecule has 1 aliphatic rings. The van der Waals surface area contributed by atoms with Gasteiger partial charge < -0.3 is 9.84 Å². The summed E-state index contributed by atoms with van der Waals surface area (Å²) in [5.74, 6) is -0.922. The monoisotopic (exact) mass is 277 g/mol. The lowest BCUT2D eigenvalue weighted by Gasteiger charge is -2.37. The van der Waals surface area contributed by atoms with Crippen molar-refractivity contribution in [2.45, 2.75) is 5.41 Å². The second-order valence-electron chi connectivity index (χ2n) is 4.49. The minimum absolute atomic E-state index is 0.143. The fourth-order valence-electron chi connectivity index (χ4n) is 2.09. The lowest BCUT2D eigenvalue weighted by atomic mass is 9.79. The van der Waals surface area contributed by atoms with Crippen molar-refractivity contribution >= 4 is 17.3 Å². The van der Waals surface area contributed by atoms with Crippen LogP contribution in [-0.2, 0) is 14.9 Å². The second kappa shape index (κ2) is 4.32. The van der Waals surface area contributed by atoms with Crippen LogP contribution in [0.4, 0.5) is 0 Å². The van der Waals surface area contributed by atoms with E-state index in [1.54, 1.807) is 12.3 Å². The Morgan fingerprint density at radius 1 is 1.37 bits per heavy atom. The highest BCUT2D eigenvalue weighted by Gasteiger charge is 2.48. The first kappa shape index (κ1) is 12.1. The van der Waals surface area contributed by atoms with Gasteiger partial charge >= 0.3 is 5.97 Å². The summed E-state index contributed by atoms with van der Waals surface area (Å²) in [5.41, 5.74) is 0.142. The first-order valence-corrected chi connectivity index (χ1v) is 6.65. The molecule has 98 valence electrons. The maximum Gasteiger partial charge on any atom is 0.318 e. The maximum atomic E-state index is 11.9. The summed E-state index contributed by atoms with van der Waals surface area (Å²) in [6.45, 7) is 0.286. The van der Waals surface area contributed by atoms with Gasteiger partial charge in [0.15, 0.2) is 0 Å². The van der Waals surface area contributed by atoms with Crippen LogP contribution in [-0.4, -0.2) is 28.9 Å². The third kappa shape index (κ3) is 1.80. The number of ether oxygens (including phenoxy) is 1. The van der Waals surface area contributed by atoms with E-state index < -0.39 is 11.4 Å². The summed E-state index contributed by atoms with van der Waals surface area (Å²) < 4.78 is 6.52. The Labute approximate surface area is 112 Å². The summed E-state index contributed by atoms with van der Waals surface area (Å²) >= 11 is 1.48. The van der Waals surface area contributed by atoms with Crippen molar-refractivity contribution in [3.63, 3.8) is 0 Å². The maximum absolute atomic E-state index is 11.9. The van der Waals surface area contributed by atoms with Gasteiger partial charge in [-0.3, -0.25) is 14.2 Å². The Balaban J connectivity index is 2.12. The summed E-state index contributed by atoms with van der Waals surface area (Å²) in [7, 11) is 0. The minimum Gasteiger partial charge on any atom is -0.480 e. The van der Waals surface area contributed by atoms with Gasteiger partial charge in [-0.1, -0.05) is 6.07 Å². The van der Waals surface area contributed by atoms with E-state index >= 15 is 0 Å². The van der Waals surface area contributed by atoms with Gasteiger partial charge in [-0.15, -0.1) is 0 Å². The highest BCUT2D eigenvalue weighted by Crippen LogP contribution is 2.32. The van der Waals surface area contributed by atoms with E-state index in [1.165, 1.54) is 22.0 Å². The molecule has 19 heavy (non-hydrogen) atoms. The summed E-state index contributed by atoms with van der Waals surface area (Å²) in [4.78, 5) is 23.3. The van der Waals surface area contributed by atoms with Crippen molar-refractivity contribution in [2.75, 3.05) is 13.2 Å². The second-order valence-corrected chi connectivity index (χ2v) is 5.27. The molecule has 1 saturated heterocycles. The van der Waals surface area contributed by atoms with Crippen molar-refractivity contribution in [2.24, 2.45) is 0 Å². The van der Waals surface area contributed by atoms with Crippen LogP contribution in [0.25, 0.3) is 5.69 Å². The van der Waals surface area contributed by atoms with E-state index in [4.69, 9.17) is 4.74 Å². The van der Waals surface area contributed by atoms with Gasteiger partial charge in [0, 0.05) is 17.6 Å². The predicted molar refractivity (Wildman–Crippen MR) is 70.0 cm³/mol. The van der Waals surface area contributed by atoms with E-state index in [1.807, 2.05) is 16.8 Å². The van der Waals surface area contributed by atoms with E-state index in [0.29, 0.717) is 5.56 Å². The molecule has 1 aliphatic heterocycles. The molecule has 2 aromatic rings. The Morgan fingerprint density at radius 2 is 2.16 bits per heavy atom. The van der Waals surface area contributed by atoms with E-state index in [-0.39, 0.29) is 18.8 Å². The van der Waals surface area contributed by atoms with E-state index in [2.05, 4.69) is 0 Å². The van der Waals surface area contributed by atoms with Crippen molar-refractivity contribution in [3.8, 4) is 5.69 Å². The summed E-state index contributed by atoms with van der Waals surface area (Å²) in [5, 5.41) is 13.1. The minimum atomic E-state index is -1.02. The number of carbonyl (C=O) groups is 1. The average Bonchev–Trinajstić information content (AvgIpc) is 2.82. The Bertz CT molecular complexity index is 670. The fraction of sp³-hybridized carbons (Fsp3) is 0.231. The molecule has 1 fully saturated rings. The number of nitrogens with zero attached hydrogens (tertiary/aromatic N) is 1. The molecule has 3 heterocycles. The van der Waals surface area contributed by atoms with Gasteiger partial charge in [0.25, 0.3) is 5.56 Å². The van der Waals surface area contributed by atoms with Crippen LogP contribution in [0.5, 0.6) is 0 Å². The zero-order chi connectivity index (χ0) is 13.5. The van der Waals surface area contributed by atoms with Gasteiger partial charge in [-0.25, -0.2) is 0 Å². The summed E-state index contributed by atoms with van der Waals surface area (Å²) in [6, 6.07) is 4.79. The van der Waals surface area contributed by atoms with Crippen LogP contribution in [0.2, 0.25) is 0 Å². The fourth-order valence-corrected chi connectivity index (χ4v) is 2.71. The average molecular weight is 277 g/mol. The number of carboxylic acid groups (broad SMARTS) is 1. The largest absolute Gasteiger partial charge is 0.480 e. The third-order valence-electron chi connectivity index (χ3n) is 3.35. The SMILES string of the molecule is O=C(O)C1(c2ccc(=O)n(-c3ccsc3)c2)COC1.